The van der Waals surface area contributed by atoms with Crippen LogP contribution in [0.4, 0.5) is 5.82 Å². The summed E-state index contributed by atoms with van der Waals surface area (Å²) < 4.78 is 2.14. The fourth-order valence-corrected chi connectivity index (χ4v) is 3.99. The molecule has 1 atom stereocenters. The number of fused-ring (bicyclic) bond motifs is 2. The summed E-state index contributed by atoms with van der Waals surface area (Å²) in [7, 11) is 2.81. The van der Waals surface area contributed by atoms with Gasteiger partial charge in [0, 0.05) is 49.2 Å². The van der Waals surface area contributed by atoms with Crippen LogP contribution < -0.4 is 21.9 Å². The minimum absolute atomic E-state index is 0.144. The first kappa shape index (κ1) is 20.0. The third kappa shape index (κ3) is 3.30. The van der Waals surface area contributed by atoms with E-state index in [1.54, 1.807) is 6.07 Å². The Morgan fingerprint density at radius 2 is 1.97 bits per heavy atom. The van der Waals surface area contributed by atoms with Gasteiger partial charge in [-0.3, -0.25) is 23.5 Å². The van der Waals surface area contributed by atoms with Gasteiger partial charge >= 0.3 is 5.69 Å². The number of carbonyl (C=O) groups excluding carboxylic acids is 2. The van der Waals surface area contributed by atoms with E-state index in [0.29, 0.717) is 18.0 Å². The first-order valence-electron chi connectivity index (χ1n) is 9.41. The Morgan fingerprint density at radius 3 is 2.73 bits per heavy atom. The van der Waals surface area contributed by atoms with Crippen LogP contribution in [0, 0.1) is 0 Å². The maximum Gasteiger partial charge on any atom is 0.332 e. The van der Waals surface area contributed by atoms with Crippen molar-refractivity contribution in [3.8, 4) is 0 Å². The van der Waals surface area contributed by atoms with E-state index in [4.69, 9.17) is 11.6 Å². The molecule has 0 saturated heterocycles. The highest BCUT2D eigenvalue weighted by Crippen LogP contribution is 2.30. The standard InChI is InChI=1S/C20H20ClN5O4/c1-25-17-16(19(29)26(2)20(25)30)13(18(28)24-17)8-15(27)22-6-5-10-9-23-14-4-3-11(21)7-12(10)14/h3-4,7,9,13,23H,5-6,8H2,1-2H3,(H,22,27)(H,24,28)/t13-/m0/s1. The van der Waals surface area contributed by atoms with Crippen molar-refractivity contribution in [2.75, 3.05) is 11.9 Å². The van der Waals surface area contributed by atoms with Gasteiger partial charge in [-0.1, -0.05) is 11.6 Å². The molecule has 0 fully saturated rings. The van der Waals surface area contributed by atoms with E-state index in [-0.39, 0.29) is 23.7 Å². The Labute approximate surface area is 175 Å². The van der Waals surface area contributed by atoms with Gasteiger partial charge in [0.15, 0.2) is 0 Å². The molecule has 1 aliphatic heterocycles. The molecule has 0 radical (unpaired) electrons. The average Bonchev–Trinajstić information content (AvgIpc) is 3.26. The number of carbonyl (C=O) groups is 2. The summed E-state index contributed by atoms with van der Waals surface area (Å²) >= 11 is 6.06. The summed E-state index contributed by atoms with van der Waals surface area (Å²) in [6.07, 6.45) is 2.28. The van der Waals surface area contributed by atoms with Crippen molar-refractivity contribution >= 4 is 40.1 Å². The van der Waals surface area contributed by atoms with Gasteiger partial charge in [-0.25, -0.2) is 4.79 Å². The minimum atomic E-state index is -0.933. The number of anilines is 1. The lowest BCUT2D eigenvalue weighted by atomic mass is 9.99. The molecule has 9 nitrogen and oxygen atoms in total. The van der Waals surface area contributed by atoms with Crippen LogP contribution in [0.25, 0.3) is 10.9 Å². The second-order valence-corrected chi connectivity index (χ2v) is 7.75. The first-order chi connectivity index (χ1) is 14.3. The molecule has 1 aromatic carbocycles. The number of H-pyrrole nitrogens is 1. The topological polar surface area (TPSA) is 118 Å². The first-order valence-corrected chi connectivity index (χ1v) is 9.78. The number of hydrogen-bond acceptors (Lipinski definition) is 4. The van der Waals surface area contributed by atoms with Gasteiger partial charge in [-0.2, -0.15) is 0 Å². The Morgan fingerprint density at radius 1 is 1.20 bits per heavy atom. The second-order valence-electron chi connectivity index (χ2n) is 7.32. The summed E-state index contributed by atoms with van der Waals surface area (Å²) in [6, 6.07) is 5.56. The fraction of sp³-hybridized carbons (Fsp3) is 0.300. The lowest BCUT2D eigenvalue weighted by Crippen LogP contribution is -2.39. The Hall–Kier alpha value is -3.33. The van der Waals surface area contributed by atoms with Crippen molar-refractivity contribution in [2.45, 2.75) is 18.8 Å². The highest BCUT2D eigenvalue weighted by atomic mass is 35.5. The van der Waals surface area contributed by atoms with Gasteiger partial charge in [-0.05, 0) is 30.2 Å². The molecule has 156 valence electrons. The molecule has 10 heteroatoms. The van der Waals surface area contributed by atoms with E-state index in [0.717, 1.165) is 21.0 Å². The second kappa shape index (κ2) is 7.49. The van der Waals surface area contributed by atoms with Gasteiger partial charge in [0.25, 0.3) is 5.56 Å². The molecule has 3 aromatic rings. The van der Waals surface area contributed by atoms with Crippen LogP contribution in [-0.2, 0) is 30.1 Å². The highest BCUT2D eigenvalue weighted by molar-refractivity contribution is 6.31. The predicted octanol–water partition coefficient (Wildman–Crippen LogP) is 1.00. The number of benzene rings is 1. The molecular formula is C20H20ClN5O4. The third-order valence-electron chi connectivity index (χ3n) is 5.44. The molecule has 3 N–H and O–H groups in total. The molecule has 1 aliphatic rings. The zero-order valence-corrected chi connectivity index (χ0v) is 17.2. The molecule has 2 amide bonds. The van der Waals surface area contributed by atoms with Gasteiger partial charge in [0.1, 0.15) is 5.82 Å². The van der Waals surface area contributed by atoms with Crippen LogP contribution in [0.1, 0.15) is 23.5 Å². The lowest BCUT2D eigenvalue weighted by Gasteiger charge is -2.11. The molecule has 0 aliphatic carbocycles. The monoisotopic (exact) mass is 429 g/mol. The van der Waals surface area contributed by atoms with Gasteiger partial charge in [0.2, 0.25) is 11.8 Å². The number of halogens is 1. The maximum atomic E-state index is 12.5. The van der Waals surface area contributed by atoms with E-state index in [1.165, 1.54) is 18.7 Å². The lowest BCUT2D eigenvalue weighted by molar-refractivity contribution is -0.125. The van der Waals surface area contributed by atoms with Gasteiger partial charge in [-0.15, -0.1) is 0 Å². The van der Waals surface area contributed by atoms with E-state index >= 15 is 0 Å². The molecule has 0 unspecified atom stereocenters. The van der Waals surface area contributed by atoms with Crippen LogP contribution in [0.5, 0.6) is 0 Å². The van der Waals surface area contributed by atoms with Crippen molar-refractivity contribution in [3.63, 3.8) is 0 Å². The molecule has 2 aromatic heterocycles. The zero-order valence-electron chi connectivity index (χ0n) is 16.4. The van der Waals surface area contributed by atoms with Crippen molar-refractivity contribution in [1.29, 1.82) is 0 Å². The van der Waals surface area contributed by atoms with Crippen molar-refractivity contribution < 1.29 is 9.59 Å². The summed E-state index contributed by atoms with van der Waals surface area (Å²) in [5, 5.41) is 6.97. The summed E-state index contributed by atoms with van der Waals surface area (Å²) in [5.74, 6) is -1.60. The normalized spacial score (nSPS) is 15.3. The highest BCUT2D eigenvalue weighted by Gasteiger charge is 2.37. The number of amides is 2. The van der Waals surface area contributed by atoms with E-state index < -0.39 is 23.1 Å². The van der Waals surface area contributed by atoms with Crippen molar-refractivity contribution in [3.05, 3.63) is 61.4 Å². The minimum Gasteiger partial charge on any atom is -0.361 e. The van der Waals surface area contributed by atoms with Crippen molar-refractivity contribution in [2.24, 2.45) is 14.1 Å². The molecule has 3 heterocycles. The van der Waals surface area contributed by atoms with E-state index in [2.05, 4.69) is 15.6 Å². The predicted molar refractivity (Wildman–Crippen MR) is 113 cm³/mol. The summed E-state index contributed by atoms with van der Waals surface area (Å²) in [5.41, 5.74) is 1.01. The molecular weight excluding hydrogens is 410 g/mol. The molecule has 0 saturated carbocycles. The van der Waals surface area contributed by atoms with Crippen molar-refractivity contribution in [1.82, 2.24) is 19.4 Å². The number of nitrogens with zero attached hydrogens (tertiary/aromatic N) is 2. The smallest absolute Gasteiger partial charge is 0.332 e. The maximum absolute atomic E-state index is 12.5. The fourth-order valence-electron chi connectivity index (χ4n) is 3.82. The third-order valence-corrected chi connectivity index (χ3v) is 5.68. The van der Waals surface area contributed by atoms with Crippen LogP contribution in [-0.4, -0.2) is 32.5 Å². The van der Waals surface area contributed by atoms with Gasteiger partial charge in [0.05, 0.1) is 11.5 Å². The van der Waals surface area contributed by atoms with E-state index in [1.807, 2.05) is 18.3 Å². The summed E-state index contributed by atoms with van der Waals surface area (Å²) in [4.78, 5) is 52.5. The molecule has 0 bridgehead atoms. The number of rotatable bonds is 5. The molecule has 0 spiro atoms. The van der Waals surface area contributed by atoms with Crippen LogP contribution >= 0.6 is 11.6 Å². The van der Waals surface area contributed by atoms with Crippen LogP contribution in [0.2, 0.25) is 5.02 Å². The quantitative estimate of drug-likeness (QED) is 0.560. The Balaban J connectivity index is 1.45. The van der Waals surface area contributed by atoms with Crippen LogP contribution in [0.15, 0.2) is 34.0 Å². The number of aromatic amines is 1. The Kier molecular flexibility index (Phi) is 4.98. The number of hydrogen-bond donors (Lipinski definition) is 3. The SMILES string of the molecule is Cn1c2c(c(=O)n(C)c1=O)[C@H](CC(=O)NCCc1c[nH]c3ccc(Cl)cc13)C(=O)N2. The number of aromatic nitrogens is 3. The Bertz CT molecular complexity index is 1300. The number of nitrogens with one attached hydrogen (secondary N) is 3. The largest absolute Gasteiger partial charge is 0.361 e. The zero-order chi connectivity index (χ0) is 21.6. The molecule has 30 heavy (non-hydrogen) atoms. The van der Waals surface area contributed by atoms with Gasteiger partial charge < -0.3 is 15.6 Å². The van der Waals surface area contributed by atoms with E-state index in [9.17, 15) is 19.2 Å². The molecule has 4 rings (SSSR count). The summed E-state index contributed by atoms with van der Waals surface area (Å²) in [6.45, 7) is 0.366. The average molecular weight is 430 g/mol. The van der Waals surface area contributed by atoms with Crippen LogP contribution in [0.3, 0.4) is 0 Å².